The zero-order valence-corrected chi connectivity index (χ0v) is 18.5. The molecule has 33 heavy (non-hydrogen) atoms. The van der Waals surface area contributed by atoms with Crippen LogP contribution in [-0.4, -0.2) is 38.3 Å². The van der Waals surface area contributed by atoms with Crippen LogP contribution in [0.1, 0.15) is 5.56 Å². The Morgan fingerprint density at radius 3 is 2.36 bits per heavy atom. The number of amidine groups is 1. The third kappa shape index (κ3) is 3.53. The zero-order valence-electron chi connectivity index (χ0n) is 16.9. The number of sulfonamides is 1. The number of primary sulfonamides is 1. The van der Waals surface area contributed by atoms with Gasteiger partial charge in [0.25, 0.3) is 10.0 Å². The average Bonchev–Trinajstić information content (AvgIpc) is 3.47. The lowest BCUT2D eigenvalue weighted by Gasteiger charge is -2.11. The van der Waals surface area contributed by atoms with Crippen molar-refractivity contribution in [2.45, 2.75) is 9.79 Å². The summed E-state index contributed by atoms with van der Waals surface area (Å²) in [4.78, 5) is 8.36. The highest BCUT2D eigenvalue weighted by molar-refractivity contribution is 7.90. The van der Waals surface area contributed by atoms with Crippen molar-refractivity contribution in [1.82, 2.24) is 8.96 Å². The van der Waals surface area contributed by atoms with Crippen LogP contribution in [0.2, 0.25) is 0 Å². The minimum Gasteiger partial charge on any atom is -0.239 e. The number of hydrogen-bond donors (Lipinski definition) is 1. The molecule has 3 heterocycles. The van der Waals surface area contributed by atoms with E-state index < -0.39 is 20.0 Å². The largest absolute Gasteiger partial charge is 0.269 e. The van der Waals surface area contributed by atoms with Crippen LogP contribution in [0.3, 0.4) is 0 Å². The van der Waals surface area contributed by atoms with Gasteiger partial charge in [0.2, 0.25) is 10.0 Å². The van der Waals surface area contributed by atoms with Gasteiger partial charge in [0.1, 0.15) is 0 Å². The fourth-order valence-corrected chi connectivity index (χ4v) is 5.82. The molecule has 0 aliphatic carbocycles. The van der Waals surface area contributed by atoms with E-state index in [1.807, 2.05) is 0 Å². The normalized spacial score (nSPS) is 14.0. The highest BCUT2D eigenvalue weighted by atomic mass is 32.2. The van der Waals surface area contributed by atoms with E-state index in [0.717, 1.165) is 3.97 Å². The molecule has 0 amide bonds. The lowest BCUT2D eigenvalue weighted by Crippen LogP contribution is -2.17. The van der Waals surface area contributed by atoms with Crippen LogP contribution in [0.25, 0.3) is 22.2 Å². The molecular weight excluding hydrogens is 464 g/mol. The lowest BCUT2D eigenvalue weighted by atomic mass is 9.99. The Balaban J connectivity index is 1.85. The number of aromatic nitrogens is 2. The van der Waals surface area contributed by atoms with Gasteiger partial charge in [-0.15, -0.1) is 5.11 Å². The van der Waals surface area contributed by atoms with E-state index in [0.29, 0.717) is 16.5 Å². The monoisotopic (exact) mass is 480 g/mol. The Bertz CT molecular complexity index is 1670. The highest BCUT2D eigenvalue weighted by Crippen LogP contribution is 2.36. The summed E-state index contributed by atoms with van der Waals surface area (Å²) in [6.45, 7) is 0.0550. The summed E-state index contributed by atoms with van der Waals surface area (Å²) in [5.74, 6) is 0.102. The van der Waals surface area contributed by atoms with E-state index in [1.54, 1.807) is 36.4 Å². The number of hydrogen-bond acceptors (Lipinski definition) is 8. The van der Waals surface area contributed by atoms with Gasteiger partial charge in [0.05, 0.1) is 9.79 Å². The summed E-state index contributed by atoms with van der Waals surface area (Å²) in [7, 11) is -8.13. The summed E-state index contributed by atoms with van der Waals surface area (Å²) in [6, 6.07) is 15.9. The van der Waals surface area contributed by atoms with Gasteiger partial charge in [-0.1, -0.05) is 30.3 Å². The van der Waals surface area contributed by atoms with E-state index in [-0.39, 0.29) is 33.5 Å². The maximum atomic E-state index is 13.4. The Labute approximate surface area is 189 Å². The molecule has 0 unspecified atom stereocenters. The number of nitrogens with two attached hydrogens (primary N) is 1. The quantitative estimate of drug-likeness (QED) is 0.466. The van der Waals surface area contributed by atoms with Crippen LogP contribution in [0.15, 0.2) is 98.1 Å². The van der Waals surface area contributed by atoms with Crippen LogP contribution in [0, 0.1) is 0 Å². The van der Waals surface area contributed by atoms with E-state index >= 15 is 0 Å². The Morgan fingerprint density at radius 2 is 1.67 bits per heavy atom. The van der Waals surface area contributed by atoms with Gasteiger partial charge in [-0.05, 0) is 35.9 Å². The number of rotatable bonds is 5. The van der Waals surface area contributed by atoms with Crippen LogP contribution in [-0.2, 0) is 20.0 Å². The number of azo groups is 1. The molecule has 2 N–H and O–H groups in total. The second-order valence-corrected chi connectivity index (χ2v) is 10.5. The van der Waals surface area contributed by atoms with Crippen molar-refractivity contribution in [3.05, 3.63) is 78.6 Å². The molecule has 1 aliphatic heterocycles. The van der Waals surface area contributed by atoms with Gasteiger partial charge in [0.15, 0.2) is 18.2 Å². The average molecular weight is 481 g/mol. The predicted octanol–water partition coefficient (Wildman–Crippen LogP) is 2.76. The first-order chi connectivity index (χ1) is 15.8. The molecule has 0 spiro atoms. The highest BCUT2D eigenvalue weighted by Gasteiger charge is 2.27. The van der Waals surface area contributed by atoms with Crippen LogP contribution in [0.5, 0.6) is 0 Å². The molecule has 5 rings (SSSR count). The topological polar surface area (TPSA) is 149 Å². The van der Waals surface area contributed by atoms with E-state index in [9.17, 15) is 16.8 Å². The smallest absolute Gasteiger partial charge is 0.239 e. The number of fused-ring (bicyclic) bond motifs is 1. The minimum atomic E-state index is -4.14. The molecular formula is C21H16N6O4S2. The predicted molar refractivity (Wildman–Crippen MR) is 122 cm³/mol. The van der Waals surface area contributed by atoms with Gasteiger partial charge in [0, 0.05) is 28.9 Å². The first-order valence-electron chi connectivity index (χ1n) is 9.64. The Morgan fingerprint density at radius 1 is 0.879 bits per heavy atom. The van der Waals surface area contributed by atoms with Crippen molar-refractivity contribution in [2.75, 3.05) is 6.67 Å². The van der Waals surface area contributed by atoms with Crippen LogP contribution in [0.4, 0.5) is 0 Å². The molecule has 0 atom stereocenters. The summed E-state index contributed by atoms with van der Waals surface area (Å²) < 4.78 is 52.6. The molecule has 2 aromatic carbocycles. The Kier molecular flexibility index (Phi) is 4.92. The number of pyridine rings is 1. The molecule has 166 valence electrons. The van der Waals surface area contributed by atoms with Gasteiger partial charge >= 0.3 is 0 Å². The first-order valence-corrected chi connectivity index (χ1v) is 12.6. The standard InChI is InChI=1S/C21H16N6O4S2/c22-32(28,29)18-10-4-8-15(19(18)20-24-13-25-26-20)17-12-27(21-16(17)9-5-11-23-21)33(30,31)14-6-2-1-3-7-14/h1-12H,13H2,(H2,22,28,29). The molecule has 0 saturated carbocycles. The number of nitrogens with zero attached hydrogens (tertiary/aromatic N) is 5. The van der Waals surface area contributed by atoms with Crippen molar-refractivity contribution in [3.8, 4) is 11.1 Å². The van der Waals surface area contributed by atoms with Gasteiger partial charge in [-0.25, -0.2) is 35.9 Å². The third-order valence-electron chi connectivity index (χ3n) is 5.13. The molecule has 10 nitrogen and oxygen atoms in total. The molecule has 0 fully saturated rings. The summed E-state index contributed by atoms with van der Waals surface area (Å²) in [6.07, 6.45) is 2.90. The van der Waals surface area contributed by atoms with E-state index in [1.165, 1.54) is 36.7 Å². The van der Waals surface area contributed by atoms with Gasteiger partial charge < -0.3 is 0 Å². The van der Waals surface area contributed by atoms with Crippen molar-refractivity contribution < 1.29 is 16.8 Å². The van der Waals surface area contributed by atoms with Crippen molar-refractivity contribution >= 4 is 36.9 Å². The van der Waals surface area contributed by atoms with Crippen molar-refractivity contribution in [1.29, 1.82) is 0 Å². The van der Waals surface area contributed by atoms with Crippen LogP contribution < -0.4 is 5.14 Å². The zero-order chi connectivity index (χ0) is 23.2. The molecule has 0 radical (unpaired) electrons. The fraction of sp³-hybridized carbons (Fsp3) is 0.0476. The summed E-state index contributed by atoms with van der Waals surface area (Å²) in [5.41, 5.74) is 1.17. The van der Waals surface area contributed by atoms with Crippen molar-refractivity contribution in [3.63, 3.8) is 0 Å². The molecule has 1 aliphatic rings. The molecule has 2 aromatic heterocycles. The summed E-state index contributed by atoms with van der Waals surface area (Å²) >= 11 is 0. The number of aliphatic imine (C=N–C) groups is 1. The molecule has 4 aromatic rings. The summed E-state index contributed by atoms with van der Waals surface area (Å²) in [5, 5.41) is 13.7. The van der Waals surface area contributed by atoms with Crippen molar-refractivity contribution in [2.24, 2.45) is 20.4 Å². The van der Waals surface area contributed by atoms with E-state index in [4.69, 9.17) is 5.14 Å². The molecule has 0 bridgehead atoms. The lowest BCUT2D eigenvalue weighted by molar-refractivity contribution is 0.588. The second kappa shape index (κ2) is 7.69. The van der Waals surface area contributed by atoms with Gasteiger partial charge in [-0.3, -0.25) is 0 Å². The first kappa shape index (κ1) is 21.1. The SMILES string of the molecule is NS(=O)(=O)c1cccc(-c2cn(S(=O)(=O)c3ccccc3)c3ncccc23)c1C1=NCN=N1. The number of benzene rings is 2. The second-order valence-electron chi connectivity index (χ2n) is 7.12. The fourth-order valence-electron chi connectivity index (χ4n) is 3.72. The third-order valence-corrected chi connectivity index (χ3v) is 7.75. The van der Waals surface area contributed by atoms with Crippen LogP contribution >= 0.6 is 0 Å². The maximum absolute atomic E-state index is 13.4. The molecule has 0 saturated heterocycles. The van der Waals surface area contributed by atoms with E-state index in [2.05, 4.69) is 20.2 Å². The Hall–Kier alpha value is -3.74. The minimum absolute atomic E-state index is 0.0550. The molecule has 12 heteroatoms. The van der Waals surface area contributed by atoms with Gasteiger partial charge in [-0.2, -0.15) is 5.11 Å². The maximum Gasteiger partial charge on any atom is 0.269 e.